The monoisotopic (exact) mass is 512 g/mol. The highest BCUT2D eigenvalue weighted by Gasteiger charge is 2.37. The van der Waals surface area contributed by atoms with Gasteiger partial charge in [0.25, 0.3) is 0 Å². The number of carbonyl (C=O) groups is 1. The van der Waals surface area contributed by atoms with Crippen molar-refractivity contribution in [3.05, 3.63) is 65.3 Å². The summed E-state index contributed by atoms with van der Waals surface area (Å²) in [6, 6.07) is 6.25. The largest absolute Gasteiger partial charge is 0.477 e. The summed E-state index contributed by atoms with van der Waals surface area (Å²) in [5.41, 5.74) is 1.14. The molecule has 1 aliphatic carbocycles. The van der Waals surface area contributed by atoms with Crippen LogP contribution in [0.5, 0.6) is 5.88 Å². The molecule has 10 heteroatoms. The first-order valence-corrected chi connectivity index (χ1v) is 13.5. The molecular formula is C26H29FN4O4S. The number of benzene rings is 1. The van der Waals surface area contributed by atoms with Crippen molar-refractivity contribution in [1.29, 1.82) is 0 Å². The number of ether oxygens (including phenoxy) is 1. The Bertz CT molecular complexity index is 1400. The molecule has 0 bridgehead atoms. The Kier molecular flexibility index (Phi) is 7.17. The average Bonchev–Trinajstić information content (AvgIpc) is 3.66. The van der Waals surface area contributed by atoms with Crippen molar-refractivity contribution in [2.45, 2.75) is 63.4 Å². The molecule has 2 heterocycles. The Balaban J connectivity index is 1.54. The number of carbonyl (C=O) groups excluding carboxylic acids is 1. The maximum atomic E-state index is 15.0. The van der Waals surface area contributed by atoms with Crippen LogP contribution >= 0.6 is 0 Å². The summed E-state index contributed by atoms with van der Waals surface area (Å²) >= 11 is 0. The van der Waals surface area contributed by atoms with Crippen LogP contribution in [0, 0.1) is 12.7 Å². The van der Waals surface area contributed by atoms with Gasteiger partial charge in [-0.1, -0.05) is 12.1 Å². The van der Waals surface area contributed by atoms with Crippen molar-refractivity contribution in [2.75, 3.05) is 6.61 Å². The third kappa shape index (κ3) is 5.75. The number of nitrogens with zero attached hydrogens (tertiary/aromatic N) is 4. The van der Waals surface area contributed by atoms with Gasteiger partial charge in [-0.05, 0) is 58.2 Å². The van der Waals surface area contributed by atoms with Gasteiger partial charge in [0.2, 0.25) is 5.88 Å². The van der Waals surface area contributed by atoms with E-state index in [-0.39, 0.29) is 34.6 Å². The van der Waals surface area contributed by atoms with Crippen LogP contribution in [0.25, 0.3) is 11.3 Å². The third-order valence-electron chi connectivity index (χ3n) is 6.21. The van der Waals surface area contributed by atoms with E-state index in [9.17, 15) is 13.2 Å². The Morgan fingerprint density at radius 1 is 1.14 bits per heavy atom. The van der Waals surface area contributed by atoms with Gasteiger partial charge in [-0.3, -0.25) is 9.78 Å². The van der Waals surface area contributed by atoms with Crippen LogP contribution in [-0.4, -0.2) is 46.0 Å². The Hall–Kier alpha value is -3.27. The molecule has 4 rings (SSSR count). The molecule has 0 N–H and O–H groups in total. The molecule has 2 aromatic heterocycles. The van der Waals surface area contributed by atoms with Crippen molar-refractivity contribution >= 4 is 15.6 Å². The fourth-order valence-corrected chi connectivity index (χ4v) is 5.41. The minimum absolute atomic E-state index is 0.150. The minimum atomic E-state index is -3.30. The maximum absolute atomic E-state index is 15.0. The lowest BCUT2D eigenvalue weighted by molar-refractivity contribution is -0.123. The zero-order valence-corrected chi connectivity index (χ0v) is 21.6. The van der Waals surface area contributed by atoms with Gasteiger partial charge in [0.05, 0.1) is 41.1 Å². The van der Waals surface area contributed by atoms with Gasteiger partial charge in [-0.15, -0.1) is 0 Å². The SMILES string of the molecule is CCOc1cncc(-c2ccc(CC(=O)C(C)(C)c3cc(C)nc(CS(=O)(=O)C4CC4)n3)c(F)c2)n1. The van der Waals surface area contributed by atoms with Gasteiger partial charge in [0.1, 0.15) is 23.2 Å². The molecule has 0 unspecified atom stereocenters. The topological polar surface area (TPSA) is 112 Å². The van der Waals surface area contributed by atoms with Crippen molar-refractivity contribution in [3.63, 3.8) is 0 Å². The number of aryl methyl sites for hydroxylation is 1. The third-order valence-corrected chi connectivity index (χ3v) is 8.35. The van der Waals surface area contributed by atoms with E-state index in [2.05, 4.69) is 19.9 Å². The number of ketones is 1. The minimum Gasteiger partial charge on any atom is -0.477 e. The van der Waals surface area contributed by atoms with Gasteiger partial charge in [-0.25, -0.2) is 27.8 Å². The second-order valence-electron chi connectivity index (χ2n) is 9.52. The van der Waals surface area contributed by atoms with E-state index in [4.69, 9.17) is 4.74 Å². The van der Waals surface area contributed by atoms with Crippen molar-refractivity contribution in [3.8, 4) is 17.1 Å². The molecule has 1 fully saturated rings. The zero-order chi connectivity index (χ0) is 26.1. The van der Waals surface area contributed by atoms with Crippen LogP contribution in [0.15, 0.2) is 36.7 Å². The van der Waals surface area contributed by atoms with Gasteiger partial charge >= 0.3 is 0 Å². The Morgan fingerprint density at radius 3 is 2.56 bits per heavy atom. The number of rotatable bonds is 10. The molecule has 0 spiro atoms. The Morgan fingerprint density at radius 2 is 1.89 bits per heavy atom. The molecule has 190 valence electrons. The number of hydrogen-bond donors (Lipinski definition) is 0. The first kappa shape index (κ1) is 25.8. The molecule has 0 amide bonds. The lowest BCUT2D eigenvalue weighted by Crippen LogP contribution is -2.32. The Labute approximate surface area is 210 Å². The second kappa shape index (κ2) is 10.0. The van der Waals surface area contributed by atoms with Crippen LogP contribution in [-0.2, 0) is 32.2 Å². The molecule has 3 aromatic rings. The predicted molar refractivity (Wildman–Crippen MR) is 133 cm³/mol. The summed E-state index contributed by atoms with van der Waals surface area (Å²) in [4.78, 5) is 30.4. The van der Waals surface area contributed by atoms with E-state index in [0.29, 0.717) is 48.0 Å². The molecule has 1 saturated carbocycles. The molecule has 0 radical (unpaired) electrons. The average molecular weight is 513 g/mol. The molecule has 8 nitrogen and oxygen atoms in total. The first-order valence-electron chi connectivity index (χ1n) is 11.8. The molecule has 36 heavy (non-hydrogen) atoms. The van der Waals surface area contributed by atoms with Gasteiger partial charge in [-0.2, -0.15) is 0 Å². The summed E-state index contributed by atoms with van der Waals surface area (Å²) in [6.07, 6.45) is 4.19. The number of aromatic nitrogens is 4. The van der Waals surface area contributed by atoms with E-state index in [1.165, 1.54) is 18.5 Å². The number of halogens is 1. The molecule has 0 aliphatic heterocycles. The quantitative estimate of drug-likeness (QED) is 0.401. The van der Waals surface area contributed by atoms with Gasteiger partial charge < -0.3 is 4.74 Å². The molecule has 1 aromatic carbocycles. The van der Waals surface area contributed by atoms with Crippen LogP contribution in [0.1, 0.15) is 56.4 Å². The fourth-order valence-electron chi connectivity index (χ4n) is 3.83. The molecule has 1 aliphatic rings. The molecular weight excluding hydrogens is 483 g/mol. The van der Waals surface area contributed by atoms with Crippen molar-refractivity contribution in [1.82, 2.24) is 19.9 Å². The van der Waals surface area contributed by atoms with E-state index < -0.39 is 21.1 Å². The van der Waals surface area contributed by atoms with Crippen molar-refractivity contribution in [2.24, 2.45) is 0 Å². The van der Waals surface area contributed by atoms with Crippen LogP contribution in [0.2, 0.25) is 0 Å². The van der Waals surface area contributed by atoms with E-state index in [1.807, 2.05) is 6.92 Å². The predicted octanol–water partition coefficient (Wildman–Crippen LogP) is 3.95. The summed E-state index contributed by atoms with van der Waals surface area (Å²) in [7, 11) is -3.30. The normalized spacial score (nSPS) is 14.0. The fraction of sp³-hybridized carbons (Fsp3) is 0.423. The lowest BCUT2D eigenvalue weighted by Gasteiger charge is -2.23. The first-order chi connectivity index (χ1) is 17.0. The maximum Gasteiger partial charge on any atom is 0.232 e. The lowest BCUT2D eigenvalue weighted by atomic mass is 9.81. The smallest absolute Gasteiger partial charge is 0.232 e. The summed E-state index contributed by atoms with van der Waals surface area (Å²) < 4.78 is 45.2. The summed E-state index contributed by atoms with van der Waals surface area (Å²) in [5.74, 6) is -0.499. The highest BCUT2D eigenvalue weighted by atomic mass is 32.2. The van der Waals surface area contributed by atoms with Crippen LogP contribution in [0.3, 0.4) is 0 Å². The standard InChI is InChI=1S/C26H29FN4O4S/c1-5-35-25-14-28-13-21(30-25)18-7-6-17(20(27)11-18)12-23(32)26(3,4)22-10-16(2)29-24(31-22)15-36(33,34)19-8-9-19/h6-7,10-11,13-14,19H,5,8-9,12,15H2,1-4H3. The van der Waals surface area contributed by atoms with E-state index >= 15 is 4.39 Å². The van der Waals surface area contributed by atoms with Crippen molar-refractivity contribution < 1.29 is 22.3 Å². The highest BCUT2D eigenvalue weighted by molar-refractivity contribution is 7.91. The summed E-state index contributed by atoms with van der Waals surface area (Å²) in [5, 5.41) is -0.321. The second-order valence-corrected chi connectivity index (χ2v) is 11.8. The van der Waals surface area contributed by atoms with Crippen LogP contribution in [0.4, 0.5) is 4.39 Å². The molecule has 0 saturated heterocycles. The molecule has 0 atom stereocenters. The van der Waals surface area contributed by atoms with Gasteiger partial charge in [0, 0.05) is 17.7 Å². The van der Waals surface area contributed by atoms with Gasteiger partial charge in [0.15, 0.2) is 9.84 Å². The zero-order valence-electron chi connectivity index (χ0n) is 20.8. The number of sulfone groups is 1. The summed E-state index contributed by atoms with van der Waals surface area (Å²) in [6.45, 7) is 7.42. The number of Topliss-reactive ketones (excluding diaryl/α,β-unsaturated/α-hetero) is 1. The van der Waals surface area contributed by atoms with E-state index in [1.54, 1.807) is 39.0 Å². The number of hydrogen-bond acceptors (Lipinski definition) is 8. The van der Waals surface area contributed by atoms with Crippen LogP contribution < -0.4 is 4.74 Å². The van der Waals surface area contributed by atoms with E-state index in [0.717, 1.165) is 0 Å². The highest BCUT2D eigenvalue weighted by Crippen LogP contribution is 2.31.